The number of carbonyl (C=O) groups is 1. The fraction of sp³-hybridized carbons (Fsp3) is 0.500. The third-order valence-corrected chi connectivity index (χ3v) is 5.11. The van der Waals surface area contributed by atoms with Gasteiger partial charge in [-0.1, -0.05) is 6.07 Å². The van der Waals surface area contributed by atoms with E-state index in [2.05, 4.69) is 10.00 Å². The SMILES string of the molecule is COc1ccc(C2CCCN2CC(=O)N(C)Cc2cnn(C)c2)c(OC)c1. The Labute approximate surface area is 160 Å². The number of amides is 1. The molecule has 1 amide bonds. The Hall–Kier alpha value is -2.54. The van der Waals surface area contributed by atoms with Crippen molar-refractivity contribution in [2.24, 2.45) is 7.05 Å². The second-order valence-corrected chi connectivity index (χ2v) is 7.01. The van der Waals surface area contributed by atoms with Crippen molar-refractivity contribution < 1.29 is 14.3 Å². The molecule has 1 aliphatic heterocycles. The lowest BCUT2D eigenvalue weighted by molar-refractivity contribution is -0.131. The highest BCUT2D eigenvalue weighted by atomic mass is 16.5. The van der Waals surface area contributed by atoms with E-state index in [-0.39, 0.29) is 11.9 Å². The van der Waals surface area contributed by atoms with E-state index in [1.807, 2.05) is 38.5 Å². The summed E-state index contributed by atoms with van der Waals surface area (Å²) < 4.78 is 12.6. The van der Waals surface area contributed by atoms with Crippen molar-refractivity contribution in [3.05, 3.63) is 41.7 Å². The first-order valence-electron chi connectivity index (χ1n) is 9.19. The number of aryl methyl sites for hydroxylation is 1. The van der Waals surface area contributed by atoms with E-state index in [0.717, 1.165) is 42.0 Å². The Morgan fingerprint density at radius 1 is 1.33 bits per heavy atom. The monoisotopic (exact) mass is 372 g/mol. The van der Waals surface area contributed by atoms with E-state index in [1.165, 1.54) is 0 Å². The third kappa shape index (κ3) is 4.42. The largest absolute Gasteiger partial charge is 0.497 e. The molecule has 0 saturated carbocycles. The number of likely N-dealkylation sites (tertiary alicyclic amines) is 1. The van der Waals surface area contributed by atoms with Crippen LogP contribution in [0.5, 0.6) is 11.5 Å². The van der Waals surface area contributed by atoms with Gasteiger partial charge in [0, 0.05) is 50.1 Å². The average Bonchev–Trinajstić information content (AvgIpc) is 3.29. The number of methoxy groups -OCH3 is 2. The maximum Gasteiger partial charge on any atom is 0.236 e. The fourth-order valence-corrected chi connectivity index (χ4v) is 3.67. The summed E-state index contributed by atoms with van der Waals surface area (Å²) in [7, 11) is 7.04. The van der Waals surface area contributed by atoms with Crippen LogP contribution in [0.4, 0.5) is 0 Å². The summed E-state index contributed by atoms with van der Waals surface area (Å²) in [5.74, 6) is 1.69. The quantitative estimate of drug-likeness (QED) is 0.746. The van der Waals surface area contributed by atoms with Crippen LogP contribution >= 0.6 is 0 Å². The fourth-order valence-electron chi connectivity index (χ4n) is 3.67. The van der Waals surface area contributed by atoms with Gasteiger partial charge in [0.05, 0.1) is 27.0 Å². The van der Waals surface area contributed by atoms with Crippen LogP contribution in [0.1, 0.15) is 30.0 Å². The van der Waals surface area contributed by atoms with Gasteiger partial charge in [0.2, 0.25) is 5.91 Å². The van der Waals surface area contributed by atoms with Gasteiger partial charge >= 0.3 is 0 Å². The van der Waals surface area contributed by atoms with Gasteiger partial charge < -0.3 is 14.4 Å². The first kappa shape index (κ1) is 19.2. The van der Waals surface area contributed by atoms with E-state index < -0.39 is 0 Å². The van der Waals surface area contributed by atoms with Crippen molar-refractivity contribution in [2.45, 2.75) is 25.4 Å². The lowest BCUT2D eigenvalue weighted by Crippen LogP contribution is -2.37. The number of carbonyl (C=O) groups excluding carboxylic acids is 1. The minimum Gasteiger partial charge on any atom is -0.497 e. The third-order valence-electron chi connectivity index (χ3n) is 5.11. The van der Waals surface area contributed by atoms with Crippen LogP contribution in [0.3, 0.4) is 0 Å². The normalized spacial score (nSPS) is 17.1. The topological polar surface area (TPSA) is 59.8 Å². The predicted molar refractivity (Wildman–Crippen MR) is 103 cm³/mol. The molecule has 0 bridgehead atoms. The van der Waals surface area contributed by atoms with Crippen molar-refractivity contribution in [3.8, 4) is 11.5 Å². The summed E-state index contributed by atoms with van der Waals surface area (Å²) in [6, 6.07) is 6.08. The minimum atomic E-state index is 0.109. The molecule has 0 aliphatic carbocycles. The number of nitrogens with zero attached hydrogens (tertiary/aromatic N) is 4. The molecule has 0 radical (unpaired) electrons. The van der Waals surface area contributed by atoms with Gasteiger partial charge in [-0.05, 0) is 25.5 Å². The maximum absolute atomic E-state index is 12.7. The lowest BCUT2D eigenvalue weighted by atomic mass is 10.0. The molecule has 1 aliphatic rings. The molecule has 1 unspecified atom stereocenters. The molecule has 1 fully saturated rings. The van der Waals surface area contributed by atoms with Crippen molar-refractivity contribution in [1.82, 2.24) is 19.6 Å². The summed E-state index contributed by atoms with van der Waals surface area (Å²) >= 11 is 0. The standard InChI is InChI=1S/C20H28N4O3/c1-22(12-15-11-21-23(2)13-15)20(25)14-24-9-5-6-18(24)17-8-7-16(26-3)10-19(17)27-4/h7-8,10-11,13,18H,5-6,9,12,14H2,1-4H3. The number of rotatable bonds is 7. The average molecular weight is 372 g/mol. The Morgan fingerprint density at radius 2 is 2.15 bits per heavy atom. The zero-order valence-corrected chi connectivity index (χ0v) is 16.5. The maximum atomic E-state index is 12.7. The highest BCUT2D eigenvalue weighted by molar-refractivity contribution is 5.78. The lowest BCUT2D eigenvalue weighted by Gasteiger charge is -2.27. The Balaban J connectivity index is 1.68. The Morgan fingerprint density at radius 3 is 2.81 bits per heavy atom. The number of aromatic nitrogens is 2. The molecule has 1 atom stereocenters. The van der Waals surface area contributed by atoms with Crippen molar-refractivity contribution in [1.29, 1.82) is 0 Å². The van der Waals surface area contributed by atoms with E-state index in [9.17, 15) is 4.79 Å². The minimum absolute atomic E-state index is 0.109. The highest BCUT2D eigenvalue weighted by Crippen LogP contribution is 2.38. The highest BCUT2D eigenvalue weighted by Gasteiger charge is 2.30. The number of hydrogen-bond acceptors (Lipinski definition) is 5. The van der Waals surface area contributed by atoms with Crippen molar-refractivity contribution in [3.63, 3.8) is 0 Å². The van der Waals surface area contributed by atoms with Gasteiger partial charge in [-0.2, -0.15) is 5.10 Å². The molecule has 27 heavy (non-hydrogen) atoms. The van der Waals surface area contributed by atoms with Crippen LogP contribution < -0.4 is 9.47 Å². The zero-order valence-electron chi connectivity index (χ0n) is 16.5. The molecule has 0 spiro atoms. The van der Waals surface area contributed by atoms with E-state index in [1.54, 1.807) is 30.0 Å². The van der Waals surface area contributed by atoms with E-state index in [0.29, 0.717) is 13.1 Å². The predicted octanol–water partition coefficient (Wildman–Crippen LogP) is 2.23. The second-order valence-electron chi connectivity index (χ2n) is 7.01. The molecule has 2 heterocycles. The summed E-state index contributed by atoms with van der Waals surface area (Å²) in [6.07, 6.45) is 5.82. The van der Waals surface area contributed by atoms with Crippen molar-refractivity contribution >= 4 is 5.91 Å². The molecule has 146 valence electrons. The number of hydrogen-bond donors (Lipinski definition) is 0. The zero-order chi connectivity index (χ0) is 19.4. The van der Waals surface area contributed by atoms with Crippen LogP contribution in [0.15, 0.2) is 30.6 Å². The van der Waals surface area contributed by atoms with E-state index >= 15 is 0 Å². The molecule has 7 nitrogen and oxygen atoms in total. The van der Waals surface area contributed by atoms with Crippen molar-refractivity contribution in [2.75, 3.05) is 34.4 Å². The number of benzene rings is 1. The summed E-state index contributed by atoms with van der Waals surface area (Å²) in [4.78, 5) is 16.8. The smallest absolute Gasteiger partial charge is 0.236 e. The van der Waals surface area contributed by atoms with Crippen LogP contribution in [-0.2, 0) is 18.4 Å². The van der Waals surface area contributed by atoms with Gasteiger partial charge in [0.15, 0.2) is 0 Å². The second kappa shape index (κ2) is 8.43. The molecule has 1 saturated heterocycles. The molecule has 1 aromatic carbocycles. The molecule has 3 rings (SSSR count). The van der Waals surface area contributed by atoms with E-state index in [4.69, 9.17) is 9.47 Å². The van der Waals surface area contributed by atoms with Gasteiger partial charge in [-0.25, -0.2) is 0 Å². The molecular weight excluding hydrogens is 344 g/mol. The number of ether oxygens (including phenoxy) is 2. The van der Waals surface area contributed by atoms with Gasteiger partial charge in [-0.3, -0.25) is 14.4 Å². The molecule has 7 heteroatoms. The van der Waals surface area contributed by atoms with Gasteiger partial charge in [-0.15, -0.1) is 0 Å². The van der Waals surface area contributed by atoms with Crippen LogP contribution in [0.2, 0.25) is 0 Å². The summed E-state index contributed by atoms with van der Waals surface area (Å²) in [5.41, 5.74) is 2.14. The first-order valence-corrected chi connectivity index (χ1v) is 9.19. The van der Waals surface area contributed by atoms with Gasteiger partial charge in [0.25, 0.3) is 0 Å². The summed E-state index contributed by atoms with van der Waals surface area (Å²) in [5, 5.41) is 4.16. The Bertz CT molecular complexity index is 789. The Kier molecular flexibility index (Phi) is 6.01. The van der Waals surface area contributed by atoms with Crippen LogP contribution in [0.25, 0.3) is 0 Å². The first-order chi connectivity index (χ1) is 13.0. The molecule has 2 aromatic rings. The summed E-state index contributed by atoms with van der Waals surface area (Å²) in [6.45, 7) is 1.87. The van der Waals surface area contributed by atoms with Gasteiger partial charge in [0.1, 0.15) is 11.5 Å². The molecular formula is C20H28N4O3. The molecule has 0 N–H and O–H groups in total. The number of likely N-dealkylation sites (N-methyl/N-ethyl adjacent to an activating group) is 1. The van der Waals surface area contributed by atoms with Crippen LogP contribution in [0, 0.1) is 0 Å². The van der Waals surface area contributed by atoms with Crippen LogP contribution in [-0.4, -0.2) is 59.8 Å². The molecule has 1 aromatic heterocycles.